The molecular weight excluding hydrogens is 470 g/mol. The van der Waals surface area contributed by atoms with Gasteiger partial charge in [-0.25, -0.2) is 0 Å². The number of carbonyl (C=O) groups is 2. The normalized spacial score (nSPS) is 10.5. The fraction of sp³-hybridized carbons (Fsp3) is 0.200. The van der Waals surface area contributed by atoms with E-state index >= 15 is 0 Å². The standard InChI is InChI=1S/C20H20BrN5O3S/c1-26-17(11-18(27)23-15-5-3-4-6-16(15)29-2)24-25-20(26)30-12-19(28)22-14-9-7-13(21)8-10-14/h3-10H,11-12H2,1-2H3,(H,22,28)(H,23,27). The summed E-state index contributed by atoms with van der Waals surface area (Å²) in [6.45, 7) is 0. The number of para-hydroxylation sites is 2. The van der Waals surface area contributed by atoms with E-state index < -0.39 is 0 Å². The van der Waals surface area contributed by atoms with Crippen LogP contribution in [0, 0.1) is 0 Å². The molecule has 156 valence electrons. The van der Waals surface area contributed by atoms with Gasteiger partial charge in [0.2, 0.25) is 11.8 Å². The molecule has 0 radical (unpaired) electrons. The van der Waals surface area contributed by atoms with Crippen LogP contribution in [-0.2, 0) is 23.1 Å². The van der Waals surface area contributed by atoms with Crippen molar-refractivity contribution in [2.45, 2.75) is 11.6 Å². The molecule has 0 bridgehead atoms. The minimum absolute atomic E-state index is 0.0488. The topological polar surface area (TPSA) is 98.1 Å². The van der Waals surface area contributed by atoms with Gasteiger partial charge in [-0.3, -0.25) is 9.59 Å². The van der Waals surface area contributed by atoms with E-state index in [0.29, 0.717) is 22.4 Å². The number of benzene rings is 2. The number of thioether (sulfide) groups is 1. The largest absolute Gasteiger partial charge is 0.495 e. The zero-order chi connectivity index (χ0) is 21.5. The Balaban J connectivity index is 1.54. The number of rotatable bonds is 8. The highest BCUT2D eigenvalue weighted by Gasteiger charge is 2.15. The zero-order valence-corrected chi connectivity index (χ0v) is 18.8. The lowest BCUT2D eigenvalue weighted by atomic mass is 10.2. The minimum atomic E-state index is -0.237. The van der Waals surface area contributed by atoms with Crippen molar-refractivity contribution >= 4 is 50.9 Å². The summed E-state index contributed by atoms with van der Waals surface area (Å²) in [6.07, 6.45) is 0.0488. The second-order valence-corrected chi connectivity index (χ2v) is 8.08. The number of anilines is 2. The van der Waals surface area contributed by atoms with Crippen molar-refractivity contribution in [2.75, 3.05) is 23.5 Å². The van der Waals surface area contributed by atoms with Crippen LogP contribution in [0.1, 0.15) is 5.82 Å². The molecule has 1 aromatic heterocycles. The van der Waals surface area contributed by atoms with E-state index in [4.69, 9.17) is 4.74 Å². The van der Waals surface area contributed by atoms with E-state index in [0.717, 1.165) is 10.2 Å². The zero-order valence-electron chi connectivity index (χ0n) is 16.4. The fourth-order valence-corrected chi connectivity index (χ4v) is 3.57. The van der Waals surface area contributed by atoms with Crippen LogP contribution in [0.4, 0.5) is 11.4 Å². The number of ether oxygens (including phenoxy) is 1. The molecule has 0 spiro atoms. The fourth-order valence-electron chi connectivity index (χ4n) is 2.57. The number of nitrogens with zero attached hydrogens (tertiary/aromatic N) is 3. The molecule has 0 aliphatic heterocycles. The molecule has 0 aliphatic carbocycles. The Morgan fingerprint density at radius 2 is 1.80 bits per heavy atom. The molecule has 0 aliphatic rings. The Kier molecular flexibility index (Phi) is 7.47. The maximum Gasteiger partial charge on any atom is 0.234 e. The Bertz CT molecular complexity index is 1040. The SMILES string of the molecule is COc1ccccc1NC(=O)Cc1nnc(SCC(=O)Nc2ccc(Br)cc2)n1C. The highest BCUT2D eigenvalue weighted by atomic mass is 79.9. The van der Waals surface area contributed by atoms with Crippen molar-refractivity contribution in [1.82, 2.24) is 14.8 Å². The third kappa shape index (κ3) is 5.83. The lowest BCUT2D eigenvalue weighted by molar-refractivity contribution is -0.116. The molecule has 10 heteroatoms. The predicted octanol–water partition coefficient (Wildman–Crippen LogP) is 3.50. The Morgan fingerprint density at radius 1 is 1.07 bits per heavy atom. The second kappa shape index (κ2) is 10.3. The number of aromatic nitrogens is 3. The van der Waals surface area contributed by atoms with Gasteiger partial charge in [0, 0.05) is 17.2 Å². The quantitative estimate of drug-likeness (QED) is 0.469. The summed E-state index contributed by atoms with van der Waals surface area (Å²) in [5.74, 6) is 0.866. The van der Waals surface area contributed by atoms with Gasteiger partial charge in [-0.15, -0.1) is 10.2 Å². The monoisotopic (exact) mass is 489 g/mol. The predicted molar refractivity (Wildman–Crippen MR) is 120 cm³/mol. The maximum absolute atomic E-state index is 12.4. The van der Waals surface area contributed by atoms with Crippen molar-refractivity contribution < 1.29 is 14.3 Å². The number of halogens is 1. The molecule has 2 amide bonds. The van der Waals surface area contributed by atoms with Crippen molar-refractivity contribution in [3.05, 3.63) is 58.8 Å². The van der Waals surface area contributed by atoms with Gasteiger partial charge in [0.15, 0.2) is 5.16 Å². The lowest BCUT2D eigenvalue weighted by Crippen LogP contribution is -2.17. The maximum atomic E-state index is 12.4. The first-order valence-electron chi connectivity index (χ1n) is 8.95. The average Bonchev–Trinajstić information content (AvgIpc) is 3.08. The summed E-state index contributed by atoms with van der Waals surface area (Å²) in [5, 5.41) is 14.3. The van der Waals surface area contributed by atoms with Crippen molar-refractivity contribution in [3.63, 3.8) is 0 Å². The van der Waals surface area contributed by atoms with Gasteiger partial charge in [-0.2, -0.15) is 0 Å². The molecule has 30 heavy (non-hydrogen) atoms. The van der Waals surface area contributed by atoms with E-state index in [-0.39, 0.29) is 24.0 Å². The van der Waals surface area contributed by atoms with E-state index in [2.05, 4.69) is 36.8 Å². The number of hydrogen-bond acceptors (Lipinski definition) is 6. The van der Waals surface area contributed by atoms with Gasteiger partial charge < -0.3 is 19.9 Å². The van der Waals surface area contributed by atoms with E-state index in [1.54, 1.807) is 30.9 Å². The third-order valence-electron chi connectivity index (χ3n) is 4.09. The van der Waals surface area contributed by atoms with Gasteiger partial charge in [0.25, 0.3) is 0 Å². The van der Waals surface area contributed by atoms with Crippen LogP contribution in [0.3, 0.4) is 0 Å². The smallest absolute Gasteiger partial charge is 0.234 e. The Labute approximate surface area is 186 Å². The summed E-state index contributed by atoms with van der Waals surface area (Å²) in [7, 11) is 3.31. The molecule has 2 aromatic carbocycles. The molecule has 3 rings (SSSR count). The molecule has 0 atom stereocenters. The van der Waals surface area contributed by atoms with Crippen LogP contribution in [0.2, 0.25) is 0 Å². The minimum Gasteiger partial charge on any atom is -0.495 e. The van der Waals surface area contributed by atoms with Crippen LogP contribution in [-0.4, -0.2) is 39.4 Å². The Hall–Kier alpha value is -2.85. The molecule has 2 N–H and O–H groups in total. The lowest BCUT2D eigenvalue weighted by Gasteiger charge is -2.09. The van der Waals surface area contributed by atoms with Crippen LogP contribution in [0.15, 0.2) is 58.2 Å². The van der Waals surface area contributed by atoms with Crippen LogP contribution in [0.5, 0.6) is 5.75 Å². The Morgan fingerprint density at radius 3 is 2.53 bits per heavy atom. The summed E-state index contributed by atoms with van der Waals surface area (Å²) in [6, 6.07) is 14.5. The van der Waals surface area contributed by atoms with Crippen molar-refractivity contribution in [2.24, 2.45) is 7.05 Å². The molecule has 0 saturated carbocycles. The van der Waals surface area contributed by atoms with E-state index in [1.807, 2.05) is 36.4 Å². The summed E-state index contributed by atoms with van der Waals surface area (Å²) < 4.78 is 7.88. The highest BCUT2D eigenvalue weighted by molar-refractivity contribution is 9.10. The summed E-state index contributed by atoms with van der Waals surface area (Å²) >= 11 is 4.61. The van der Waals surface area contributed by atoms with E-state index in [1.165, 1.54) is 11.8 Å². The summed E-state index contributed by atoms with van der Waals surface area (Å²) in [5.41, 5.74) is 1.31. The van der Waals surface area contributed by atoms with Crippen LogP contribution in [0.25, 0.3) is 0 Å². The van der Waals surface area contributed by atoms with Gasteiger partial charge in [-0.05, 0) is 36.4 Å². The number of nitrogens with one attached hydrogen (secondary N) is 2. The van der Waals surface area contributed by atoms with Gasteiger partial charge in [0.05, 0.1) is 25.0 Å². The number of methoxy groups -OCH3 is 1. The first-order valence-corrected chi connectivity index (χ1v) is 10.7. The third-order valence-corrected chi connectivity index (χ3v) is 5.63. The molecule has 0 fully saturated rings. The highest BCUT2D eigenvalue weighted by Crippen LogP contribution is 2.23. The van der Waals surface area contributed by atoms with Gasteiger partial charge >= 0.3 is 0 Å². The number of hydrogen-bond donors (Lipinski definition) is 2. The van der Waals surface area contributed by atoms with Crippen LogP contribution >= 0.6 is 27.7 Å². The summed E-state index contributed by atoms with van der Waals surface area (Å²) in [4.78, 5) is 24.5. The molecule has 3 aromatic rings. The van der Waals surface area contributed by atoms with Crippen molar-refractivity contribution in [3.8, 4) is 5.75 Å². The van der Waals surface area contributed by atoms with Gasteiger partial charge in [-0.1, -0.05) is 39.8 Å². The molecule has 1 heterocycles. The molecule has 8 nitrogen and oxygen atoms in total. The molecule has 0 saturated heterocycles. The average molecular weight is 490 g/mol. The number of carbonyl (C=O) groups excluding carboxylic acids is 2. The molecule has 0 unspecified atom stereocenters. The first kappa shape index (κ1) is 21.8. The molecular formula is C20H20BrN5O3S. The number of amides is 2. The van der Waals surface area contributed by atoms with Gasteiger partial charge in [0.1, 0.15) is 11.6 Å². The second-order valence-electron chi connectivity index (χ2n) is 6.23. The van der Waals surface area contributed by atoms with Crippen LogP contribution < -0.4 is 15.4 Å². The van der Waals surface area contributed by atoms with E-state index in [9.17, 15) is 9.59 Å². The van der Waals surface area contributed by atoms with Crippen molar-refractivity contribution in [1.29, 1.82) is 0 Å². The first-order chi connectivity index (χ1) is 14.5.